The highest BCUT2D eigenvalue weighted by Gasteiger charge is 2.13. The van der Waals surface area contributed by atoms with Crippen LogP contribution in [0.4, 0.5) is 11.4 Å². The number of fused-ring (bicyclic) bond motifs is 1. The third-order valence-electron chi connectivity index (χ3n) is 4.14. The smallest absolute Gasteiger partial charge is 0.263 e. The minimum absolute atomic E-state index is 0.0859. The molecule has 0 aliphatic rings. The topological polar surface area (TPSA) is 105 Å². The van der Waals surface area contributed by atoms with Crippen LogP contribution >= 0.6 is 39.1 Å². The molecule has 1 heterocycles. The molecule has 0 amide bonds. The maximum Gasteiger partial charge on any atom is 0.263 e. The van der Waals surface area contributed by atoms with E-state index >= 15 is 0 Å². The van der Waals surface area contributed by atoms with Crippen LogP contribution in [0.3, 0.4) is 0 Å². The predicted molar refractivity (Wildman–Crippen MR) is 117 cm³/mol. The Morgan fingerprint density at radius 3 is 2.70 bits per heavy atom. The van der Waals surface area contributed by atoms with Gasteiger partial charge in [-0.25, -0.2) is 4.98 Å². The number of halogens is 3. The second-order valence-corrected chi connectivity index (χ2v) is 7.91. The quantitative estimate of drug-likeness (QED) is 0.184. The zero-order chi connectivity index (χ0) is 21.4. The minimum atomic E-state index is -0.728. The number of hydrogen-bond acceptors (Lipinski definition) is 6. The van der Waals surface area contributed by atoms with Crippen molar-refractivity contribution in [3.05, 3.63) is 78.7 Å². The van der Waals surface area contributed by atoms with Crippen molar-refractivity contribution in [3.8, 4) is 17.2 Å². The van der Waals surface area contributed by atoms with Crippen molar-refractivity contribution in [1.82, 2.24) is 4.98 Å². The SMILES string of the molecule is O=[N+]([O-])c1cc(Br)cc(C=Nc2ccc3oc(-c4cc(Cl)ccc4Cl)nc3c2)c1[O-]. The Kier molecular flexibility index (Phi) is 5.46. The molecule has 0 saturated carbocycles. The summed E-state index contributed by atoms with van der Waals surface area (Å²) < 4.78 is 6.16. The van der Waals surface area contributed by atoms with Gasteiger partial charge in [0, 0.05) is 21.8 Å². The summed E-state index contributed by atoms with van der Waals surface area (Å²) in [7, 11) is 0. The number of nitrogens with zero attached hydrogens (tertiary/aromatic N) is 3. The summed E-state index contributed by atoms with van der Waals surface area (Å²) in [4.78, 5) is 19.0. The molecule has 0 unspecified atom stereocenters. The van der Waals surface area contributed by atoms with Crippen molar-refractivity contribution in [2.45, 2.75) is 0 Å². The Labute approximate surface area is 187 Å². The van der Waals surface area contributed by atoms with Crippen molar-refractivity contribution < 1.29 is 14.4 Å². The van der Waals surface area contributed by atoms with E-state index in [2.05, 4.69) is 25.9 Å². The summed E-state index contributed by atoms with van der Waals surface area (Å²) in [6.45, 7) is 0. The molecule has 3 aromatic carbocycles. The standard InChI is InChI=1S/C20H10BrCl2N3O4/c21-11-5-10(19(27)17(6-11)26(28)29)9-24-13-2-4-18-16(8-13)25-20(30-18)14-7-12(22)1-3-15(14)23/h1-9,27H/p-1. The molecule has 1 aromatic heterocycles. The molecule has 150 valence electrons. The van der Waals surface area contributed by atoms with E-state index in [0.717, 1.165) is 6.07 Å². The molecule has 4 aromatic rings. The fourth-order valence-corrected chi connectivity index (χ4v) is 3.58. The van der Waals surface area contributed by atoms with Crippen LogP contribution < -0.4 is 5.11 Å². The molecule has 0 N–H and O–H groups in total. The van der Waals surface area contributed by atoms with E-state index in [-0.39, 0.29) is 5.56 Å². The van der Waals surface area contributed by atoms with Crippen molar-refractivity contribution >= 4 is 67.8 Å². The van der Waals surface area contributed by atoms with Gasteiger partial charge in [0.05, 0.1) is 21.2 Å². The maximum absolute atomic E-state index is 12.2. The zero-order valence-corrected chi connectivity index (χ0v) is 17.9. The van der Waals surface area contributed by atoms with E-state index in [9.17, 15) is 15.2 Å². The molecule has 4 rings (SSSR count). The van der Waals surface area contributed by atoms with Crippen molar-refractivity contribution in [2.24, 2.45) is 4.99 Å². The molecule has 0 aliphatic heterocycles. The molecular formula is C20H9BrCl2N3O4-. The van der Waals surface area contributed by atoms with Crippen LogP contribution in [0, 0.1) is 10.1 Å². The van der Waals surface area contributed by atoms with Gasteiger partial charge in [-0.1, -0.05) is 39.1 Å². The molecule has 0 radical (unpaired) electrons. The largest absolute Gasteiger partial charge is 0.867 e. The van der Waals surface area contributed by atoms with E-state index in [1.165, 1.54) is 12.3 Å². The maximum atomic E-state index is 12.2. The van der Waals surface area contributed by atoms with Gasteiger partial charge in [0.2, 0.25) is 5.89 Å². The van der Waals surface area contributed by atoms with Gasteiger partial charge < -0.3 is 9.52 Å². The number of hydrogen-bond donors (Lipinski definition) is 0. The molecular weight excluding hydrogens is 497 g/mol. The van der Waals surface area contributed by atoms with E-state index in [0.29, 0.717) is 42.8 Å². The van der Waals surface area contributed by atoms with E-state index < -0.39 is 16.4 Å². The van der Waals surface area contributed by atoms with Crippen LogP contribution in [0.1, 0.15) is 5.56 Å². The van der Waals surface area contributed by atoms with E-state index in [1.54, 1.807) is 36.4 Å². The summed E-state index contributed by atoms with van der Waals surface area (Å²) in [5.74, 6) is -0.407. The van der Waals surface area contributed by atoms with Crippen molar-refractivity contribution in [3.63, 3.8) is 0 Å². The Morgan fingerprint density at radius 1 is 1.13 bits per heavy atom. The van der Waals surface area contributed by atoms with Crippen LogP contribution in [0.15, 0.2) is 62.4 Å². The number of aromatic nitrogens is 1. The average Bonchev–Trinajstić information content (AvgIpc) is 3.13. The highest BCUT2D eigenvalue weighted by atomic mass is 79.9. The van der Waals surface area contributed by atoms with E-state index in [1.807, 2.05) is 0 Å². The first-order valence-corrected chi connectivity index (χ1v) is 9.92. The van der Waals surface area contributed by atoms with Gasteiger partial charge in [-0.15, -0.1) is 0 Å². The number of nitro benzene ring substituents is 1. The van der Waals surface area contributed by atoms with E-state index in [4.69, 9.17) is 27.6 Å². The molecule has 0 saturated heterocycles. The molecule has 0 bridgehead atoms. The highest BCUT2D eigenvalue weighted by molar-refractivity contribution is 9.10. The molecule has 0 spiro atoms. The van der Waals surface area contributed by atoms with Crippen LogP contribution in [0.2, 0.25) is 10.0 Å². The first-order chi connectivity index (χ1) is 14.3. The van der Waals surface area contributed by atoms with Gasteiger partial charge in [-0.05, 0) is 53.8 Å². The fraction of sp³-hybridized carbons (Fsp3) is 0. The lowest BCUT2D eigenvalue weighted by Gasteiger charge is -2.10. The van der Waals surface area contributed by atoms with Crippen LogP contribution in [-0.4, -0.2) is 16.1 Å². The lowest BCUT2D eigenvalue weighted by Crippen LogP contribution is -2.02. The van der Waals surface area contributed by atoms with Gasteiger partial charge in [-0.3, -0.25) is 15.1 Å². The minimum Gasteiger partial charge on any atom is -0.867 e. The monoisotopic (exact) mass is 504 g/mol. The average molecular weight is 506 g/mol. The molecule has 30 heavy (non-hydrogen) atoms. The van der Waals surface area contributed by atoms with Crippen LogP contribution in [-0.2, 0) is 0 Å². The lowest BCUT2D eigenvalue weighted by molar-refractivity contribution is -0.398. The Hall–Kier alpha value is -2.94. The van der Waals surface area contributed by atoms with Crippen LogP contribution in [0.5, 0.6) is 5.75 Å². The van der Waals surface area contributed by atoms with Gasteiger partial charge in [0.15, 0.2) is 5.58 Å². The number of rotatable bonds is 4. The van der Waals surface area contributed by atoms with Crippen molar-refractivity contribution in [2.75, 3.05) is 0 Å². The summed E-state index contributed by atoms with van der Waals surface area (Å²) in [5, 5.41) is 24.2. The number of nitro groups is 1. The Bertz CT molecular complexity index is 1340. The molecule has 10 heteroatoms. The van der Waals surface area contributed by atoms with Gasteiger partial charge in [0.25, 0.3) is 5.69 Å². The highest BCUT2D eigenvalue weighted by Crippen LogP contribution is 2.34. The summed E-state index contributed by atoms with van der Waals surface area (Å²) in [6, 6.07) is 12.6. The summed E-state index contributed by atoms with van der Waals surface area (Å²) in [5.41, 5.74) is 1.65. The number of oxazole rings is 1. The van der Waals surface area contributed by atoms with Gasteiger partial charge >= 0.3 is 0 Å². The van der Waals surface area contributed by atoms with Crippen molar-refractivity contribution in [1.29, 1.82) is 0 Å². The number of aliphatic imine (C=N–C) groups is 1. The first kappa shape index (κ1) is 20.3. The molecule has 0 aliphatic carbocycles. The lowest BCUT2D eigenvalue weighted by atomic mass is 10.2. The summed E-state index contributed by atoms with van der Waals surface area (Å²) >= 11 is 15.4. The second-order valence-electron chi connectivity index (χ2n) is 6.15. The zero-order valence-electron chi connectivity index (χ0n) is 14.8. The molecule has 0 fully saturated rings. The molecule has 7 nitrogen and oxygen atoms in total. The fourth-order valence-electron chi connectivity index (χ4n) is 2.75. The first-order valence-electron chi connectivity index (χ1n) is 8.37. The summed E-state index contributed by atoms with van der Waals surface area (Å²) in [6.07, 6.45) is 1.27. The third kappa shape index (κ3) is 4.02. The van der Waals surface area contributed by atoms with Gasteiger partial charge in [-0.2, -0.15) is 0 Å². The Balaban J connectivity index is 1.70. The third-order valence-corrected chi connectivity index (χ3v) is 5.16. The molecule has 0 atom stereocenters. The normalized spacial score (nSPS) is 11.4. The Morgan fingerprint density at radius 2 is 1.93 bits per heavy atom. The number of benzene rings is 3. The second kappa shape index (κ2) is 8.06. The van der Waals surface area contributed by atoms with Gasteiger partial charge in [0.1, 0.15) is 5.52 Å². The van der Waals surface area contributed by atoms with Crippen LogP contribution in [0.25, 0.3) is 22.6 Å². The predicted octanol–water partition coefficient (Wildman–Crippen LogP) is 6.30.